The predicted octanol–water partition coefficient (Wildman–Crippen LogP) is 3.64. The first-order valence-corrected chi connectivity index (χ1v) is 7.82. The van der Waals surface area contributed by atoms with Crippen LogP contribution in [0.2, 0.25) is 5.02 Å². The molecule has 2 rings (SSSR count). The molecule has 2 amide bonds. The summed E-state index contributed by atoms with van der Waals surface area (Å²) >= 11 is 5.96. The van der Waals surface area contributed by atoms with Crippen molar-refractivity contribution in [2.24, 2.45) is 0 Å². The second-order valence-corrected chi connectivity index (χ2v) is 5.96. The molecule has 0 aliphatic carbocycles. The molecular weight excluding hydrogens is 346 g/mol. The number of anilines is 1. The fourth-order valence-electron chi connectivity index (χ4n) is 2.12. The maximum Gasteiger partial charge on any atom is 0.270 e. The Labute approximate surface area is 149 Å². The number of nitrogens with zero attached hydrogens (tertiary/aromatic N) is 1. The van der Waals surface area contributed by atoms with E-state index in [0.717, 1.165) is 6.07 Å². The van der Waals surface area contributed by atoms with E-state index in [1.54, 1.807) is 24.3 Å². The van der Waals surface area contributed by atoms with E-state index in [-0.39, 0.29) is 28.2 Å². The topological polar surface area (TPSA) is 101 Å². The van der Waals surface area contributed by atoms with Crippen molar-refractivity contribution in [2.45, 2.75) is 19.9 Å². The van der Waals surface area contributed by atoms with Gasteiger partial charge in [-0.3, -0.25) is 19.7 Å². The van der Waals surface area contributed by atoms with E-state index in [1.165, 1.54) is 12.1 Å². The van der Waals surface area contributed by atoms with Crippen LogP contribution in [0, 0.1) is 10.1 Å². The Hall–Kier alpha value is -2.93. The average Bonchev–Trinajstić information content (AvgIpc) is 2.54. The Morgan fingerprint density at radius 1 is 1.08 bits per heavy atom. The van der Waals surface area contributed by atoms with Crippen molar-refractivity contribution < 1.29 is 14.5 Å². The maximum atomic E-state index is 12.4. The lowest BCUT2D eigenvalue weighted by atomic mass is 10.1. The third kappa shape index (κ3) is 4.54. The molecule has 2 aromatic rings. The fraction of sp³-hybridized carbons (Fsp3) is 0.176. The summed E-state index contributed by atoms with van der Waals surface area (Å²) in [6, 6.07) is 10.1. The number of amides is 2. The number of carbonyl (C=O) groups is 2. The third-order valence-electron chi connectivity index (χ3n) is 3.25. The van der Waals surface area contributed by atoms with E-state index in [4.69, 9.17) is 11.6 Å². The van der Waals surface area contributed by atoms with Crippen molar-refractivity contribution in [3.8, 4) is 0 Å². The molecule has 2 N–H and O–H groups in total. The minimum atomic E-state index is -0.598. The van der Waals surface area contributed by atoms with Crippen LogP contribution in [0.5, 0.6) is 0 Å². The zero-order valence-corrected chi connectivity index (χ0v) is 14.3. The van der Waals surface area contributed by atoms with E-state index in [0.29, 0.717) is 11.3 Å². The summed E-state index contributed by atoms with van der Waals surface area (Å²) in [5.74, 6) is -0.884. The predicted molar refractivity (Wildman–Crippen MR) is 95.1 cm³/mol. The van der Waals surface area contributed by atoms with Crippen LogP contribution in [0.4, 0.5) is 11.4 Å². The van der Waals surface area contributed by atoms with Crippen molar-refractivity contribution in [1.29, 1.82) is 0 Å². The van der Waals surface area contributed by atoms with Gasteiger partial charge in [-0.15, -0.1) is 0 Å². The summed E-state index contributed by atoms with van der Waals surface area (Å²) in [6.45, 7) is 3.66. The zero-order chi connectivity index (χ0) is 18.6. The number of non-ortho nitro benzene ring substituents is 1. The molecule has 0 bridgehead atoms. The van der Waals surface area contributed by atoms with Gasteiger partial charge in [-0.1, -0.05) is 23.7 Å². The molecular formula is C17H16ClN3O4. The molecule has 0 heterocycles. The Morgan fingerprint density at radius 3 is 2.36 bits per heavy atom. The number of nitro groups is 1. The minimum Gasteiger partial charge on any atom is -0.350 e. The quantitative estimate of drug-likeness (QED) is 0.627. The zero-order valence-electron chi connectivity index (χ0n) is 13.6. The fourth-order valence-corrected chi connectivity index (χ4v) is 2.38. The summed E-state index contributed by atoms with van der Waals surface area (Å²) in [4.78, 5) is 34.8. The molecule has 2 aromatic carbocycles. The summed E-state index contributed by atoms with van der Waals surface area (Å²) in [5.41, 5.74) is 0.493. The lowest BCUT2D eigenvalue weighted by Gasteiger charge is -2.13. The van der Waals surface area contributed by atoms with Gasteiger partial charge in [-0.05, 0) is 32.0 Å². The highest BCUT2D eigenvalue weighted by Crippen LogP contribution is 2.24. The monoisotopic (exact) mass is 361 g/mol. The number of nitro benzene ring substituents is 1. The van der Waals surface area contributed by atoms with Crippen molar-refractivity contribution in [1.82, 2.24) is 5.32 Å². The number of carbonyl (C=O) groups excluding carboxylic acids is 2. The van der Waals surface area contributed by atoms with E-state index in [9.17, 15) is 19.7 Å². The molecule has 7 nitrogen and oxygen atoms in total. The molecule has 130 valence electrons. The second kappa shape index (κ2) is 7.76. The highest BCUT2D eigenvalue weighted by Gasteiger charge is 2.18. The number of rotatable bonds is 5. The number of benzene rings is 2. The van der Waals surface area contributed by atoms with Gasteiger partial charge >= 0.3 is 0 Å². The first-order valence-electron chi connectivity index (χ1n) is 7.44. The first-order chi connectivity index (χ1) is 11.8. The molecule has 0 aromatic heterocycles. The Morgan fingerprint density at radius 2 is 1.76 bits per heavy atom. The molecule has 0 aliphatic rings. The number of halogens is 1. The molecule has 0 radical (unpaired) electrons. The molecule has 8 heteroatoms. The highest BCUT2D eigenvalue weighted by atomic mass is 35.5. The van der Waals surface area contributed by atoms with Crippen LogP contribution >= 0.6 is 11.6 Å². The van der Waals surface area contributed by atoms with Crippen LogP contribution < -0.4 is 10.6 Å². The summed E-state index contributed by atoms with van der Waals surface area (Å²) in [6.07, 6.45) is 0. The Balaban J connectivity index is 2.27. The molecule has 0 saturated carbocycles. The lowest BCUT2D eigenvalue weighted by molar-refractivity contribution is -0.384. The molecule has 0 unspecified atom stereocenters. The molecule has 0 atom stereocenters. The first kappa shape index (κ1) is 18.4. The van der Waals surface area contributed by atoms with Crippen molar-refractivity contribution in [3.05, 3.63) is 68.7 Å². The van der Waals surface area contributed by atoms with Crippen LogP contribution in [-0.2, 0) is 0 Å². The van der Waals surface area contributed by atoms with E-state index in [1.807, 2.05) is 13.8 Å². The van der Waals surface area contributed by atoms with Crippen LogP contribution in [0.15, 0.2) is 42.5 Å². The van der Waals surface area contributed by atoms with E-state index < -0.39 is 10.8 Å². The van der Waals surface area contributed by atoms with Crippen LogP contribution in [0.3, 0.4) is 0 Å². The molecule has 0 saturated heterocycles. The second-order valence-electron chi connectivity index (χ2n) is 5.55. The van der Waals surface area contributed by atoms with Crippen molar-refractivity contribution in [3.63, 3.8) is 0 Å². The van der Waals surface area contributed by atoms with Gasteiger partial charge in [0.05, 0.1) is 26.8 Å². The third-order valence-corrected chi connectivity index (χ3v) is 3.56. The normalized spacial score (nSPS) is 10.4. The van der Waals surface area contributed by atoms with Gasteiger partial charge in [-0.2, -0.15) is 0 Å². The van der Waals surface area contributed by atoms with Gasteiger partial charge in [0.1, 0.15) is 0 Å². The van der Waals surface area contributed by atoms with E-state index in [2.05, 4.69) is 10.6 Å². The average molecular weight is 362 g/mol. The Bertz CT molecular complexity index is 836. The van der Waals surface area contributed by atoms with Gasteiger partial charge in [-0.25, -0.2) is 0 Å². The standard InChI is InChI=1S/C17H16ClN3O4/c1-10(2)19-17(23)13-5-3-4-6-15(13)20-16(22)12-8-7-11(21(24)25)9-14(12)18/h3-10H,1-2H3,(H,19,23)(H,20,22). The van der Waals surface area contributed by atoms with Crippen LogP contribution in [-0.4, -0.2) is 22.8 Å². The van der Waals surface area contributed by atoms with Crippen LogP contribution in [0.1, 0.15) is 34.6 Å². The summed E-state index contributed by atoms with van der Waals surface area (Å²) in [7, 11) is 0. The largest absolute Gasteiger partial charge is 0.350 e. The van der Waals surface area contributed by atoms with Crippen molar-refractivity contribution in [2.75, 3.05) is 5.32 Å². The van der Waals surface area contributed by atoms with Gasteiger partial charge in [0, 0.05) is 18.2 Å². The SMILES string of the molecule is CC(C)NC(=O)c1ccccc1NC(=O)c1ccc([N+](=O)[O-])cc1Cl. The molecule has 0 spiro atoms. The smallest absolute Gasteiger partial charge is 0.270 e. The van der Waals surface area contributed by atoms with Crippen molar-refractivity contribution >= 4 is 34.8 Å². The Kier molecular flexibility index (Phi) is 5.71. The van der Waals surface area contributed by atoms with Gasteiger partial charge in [0.2, 0.25) is 0 Å². The van der Waals surface area contributed by atoms with Gasteiger partial charge < -0.3 is 10.6 Å². The number of nitrogens with one attached hydrogen (secondary N) is 2. The maximum absolute atomic E-state index is 12.4. The molecule has 25 heavy (non-hydrogen) atoms. The number of hydrogen-bond acceptors (Lipinski definition) is 4. The number of para-hydroxylation sites is 1. The van der Waals surface area contributed by atoms with Gasteiger partial charge in [0.15, 0.2) is 0 Å². The number of hydrogen-bond donors (Lipinski definition) is 2. The minimum absolute atomic E-state index is 0.0455. The summed E-state index contributed by atoms with van der Waals surface area (Å²) in [5, 5.41) is 16.1. The van der Waals surface area contributed by atoms with Gasteiger partial charge in [0.25, 0.3) is 17.5 Å². The lowest BCUT2D eigenvalue weighted by Crippen LogP contribution is -2.31. The summed E-state index contributed by atoms with van der Waals surface area (Å²) < 4.78 is 0. The highest BCUT2D eigenvalue weighted by molar-refractivity contribution is 6.34. The molecule has 0 fully saturated rings. The van der Waals surface area contributed by atoms with E-state index >= 15 is 0 Å². The van der Waals surface area contributed by atoms with Crippen LogP contribution in [0.25, 0.3) is 0 Å². The molecule has 0 aliphatic heterocycles.